The van der Waals surface area contributed by atoms with Crippen LogP contribution in [0.15, 0.2) is 0 Å². The van der Waals surface area contributed by atoms with Crippen molar-refractivity contribution in [2.75, 3.05) is 11.6 Å². The molecule has 1 heterocycles. The highest BCUT2D eigenvalue weighted by atomic mass is 35.5. The van der Waals surface area contributed by atoms with E-state index in [0.29, 0.717) is 5.88 Å². The van der Waals surface area contributed by atoms with E-state index in [-0.39, 0.29) is 16.2 Å². The first-order chi connectivity index (χ1) is 7.46. The van der Waals surface area contributed by atoms with Gasteiger partial charge in [0.05, 0.1) is 4.75 Å². The van der Waals surface area contributed by atoms with Gasteiger partial charge in [0.2, 0.25) is 5.91 Å². The number of hydrogen-bond acceptors (Lipinski definition) is 2. The van der Waals surface area contributed by atoms with Crippen molar-refractivity contribution in [2.24, 2.45) is 0 Å². The lowest BCUT2D eigenvalue weighted by Crippen LogP contribution is -2.52. The van der Waals surface area contributed by atoms with Gasteiger partial charge in [-0.05, 0) is 45.3 Å². The molecule has 2 nitrogen and oxygen atoms in total. The molecule has 0 bridgehead atoms. The fraction of sp³-hybridized carbons (Fsp3) is 0.917. The average Bonchev–Trinajstić information content (AvgIpc) is 2.67. The quantitative estimate of drug-likeness (QED) is 0.772. The molecule has 1 rings (SSSR count). The first-order valence-electron chi connectivity index (χ1n) is 5.98. The number of halogens is 1. The summed E-state index contributed by atoms with van der Waals surface area (Å²) in [6.45, 7) is 6.23. The lowest BCUT2D eigenvalue weighted by Gasteiger charge is -2.33. The predicted molar refractivity (Wildman–Crippen MR) is 72.3 cm³/mol. The summed E-state index contributed by atoms with van der Waals surface area (Å²) in [5, 5.41) is 3.18. The maximum absolute atomic E-state index is 12.2. The van der Waals surface area contributed by atoms with Crippen LogP contribution in [0.3, 0.4) is 0 Å². The molecule has 0 spiro atoms. The van der Waals surface area contributed by atoms with Gasteiger partial charge in [-0.2, -0.15) is 0 Å². The van der Waals surface area contributed by atoms with Gasteiger partial charge in [0, 0.05) is 11.4 Å². The largest absolute Gasteiger partial charge is 0.350 e. The van der Waals surface area contributed by atoms with Crippen LogP contribution in [-0.2, 0) is 4.79 Å². The van der Waals surface area contributed by atoms with E-state index in [1.165, 1.54) is 0 Å². The standard InChI is InChI=1S/C12H22ClNOS/c1-4-11(2,7-8-13)14-10(15)12(3)6-5-9-16-12/h4-9H2,1-3H3,(H,14,15). The van der Waals surface area contributed by atoms with E-state index in [9.17, 15) is 4.79 Å². The summed E-state index contributed by atoms with van der Waals surface area (Å²) >= 11 is 7.56. The zero-order valence-corrected chi connectivity index (χ0v) is 12.0. The Morgan fingerprint density at radius 2 is 2.31 bits per heavy atom. The minimum absolute atomic E-state index is 0.148. The molecule has 2 atom stereocenters. The molecule has 94 valence electrons. The monoisotopic (exact) mass is 263 g/mol. The summed E-state index contributed by atoms with van der Waals surface area (Å²) in [4.78, 5) is 12.2. The van der Waals surface area contributed by atoms with Crippen molar-refractivity contribution in [3.8, 4) is 0 Å². The fourth-order valence-electron chi connectivity index (χ4n) is 1.90. The molecule has 4 heteroatoms. The van der Waals surface area contributed by atoms with Gasteiger partial charge in [0.15, 0.2) is 0 Å². The van der Waals surface area contributed by atoms with Crippen LogP contribution in [0.1, 0.15) is 46.5 Å². The molecule has 0 radical (unpaired) electrons. The van der Waals surface area contributed by atoms with E-state index in [2.05, 4.69) is 26.1 Å². The van der Waals surface area contributed by atoms with Gasteiger partial charge in [-0.25, -0.2) is 0 Å². The van der Waals surface area contributed by atoms with Crippen molar-refractivity contribution in [3.63, 3.8) is 0 Å². The molecular weight excluding hydrogens is 242 g/mol. The summed E-state index contributed by atoms with van der Waals surface area (Å²) < 4.78 is -0.220. The Bertz CT molecular complexity index is 253. The van der Waals surface area contributed by atoms with E-state index >= 15 is 0 Å². The van der Waals surface area contributed by atoms with Crippen molar-refractivity contribution < 1.29 is 4.79 Å². The summed E-state index contributed by atoms with van der Waals surface area (Å²) in [5.41, 5.74) is -0.148. The number of alkyl halides is 1. The maximum Gasteiger partial charge on any atom is 0.236 e. The van der Waals surface area contributed by atoms with Crippen molar-refractivity contribution in [1.29, 1.82) is 0 Å². The first-order valence-corrected chi connectivity index (χ1v) is 7.50. The van der Waals surface area contributed by atoms with E-state index in [4.69, 9.17) is 11.6 Å². The molecule has 1 aliphatic rings. The Morgan fingerprint density at radius 1 is 1.62 bits per heavy atom. The van der Waals surface area contributed by atoms with Gasteiger partial charge in [-0.15, -0.1) is 23.4 Å². The molecule has 1 fully saturated rings. The molecule has 0 aromatic carbocycles. The molecule has 1 aliphatic heterocycles. The molecular formula is C12H22ClNOS. The topological polar surface area (TPSA) is 29.1 Å². The average molecular weight is 264 g/mol. The van der Waals surface area contributed by atoms with Crippen molar-refractivity contribution in [2.45, 2.75) is 56.7 Å². The summed E-state index contributed by atoms with van der Waals surface area (Å²) in [7, 11) is 0. The number of carbonyl (C=O) groups is 1. The van der Waals surface area contributed by atoms with E-state index in [1.54, 1.807) is 11.8 Å². The van der Waals surface area contributed by atoms with Crippen molar-refractivity contribution in [1.82, 2.24) is 5.32 Å². The second kappa shape index (κ2) is 5.63. The smallest absolute Gasteiger partial charge is 0.236 e. The molecule has 2 unspecified atom stereocenters. The van der Waals surface area contributed by atoms with Crippen LogP contribution < -0.4 is 5.32 Å². The Kier molecular flexibility index (Phi) is 4.99. The second-order valence-corrected chi connectivity index (χ2v) is 6.97. The van der Waals surface area contributed by atoms with Gasteiger partial charge < -0.3 is 5.32 Å². The van der Waals surface area contributed by atoms with Crippen LogP contribution in [0.2, 0.25) is 0 Å². The van der Waals surface area contributed by atoms with Gasteiger partial charge in [0.25, 0.3) is 0 Å². The number of amides is 1. The number of nitrogens with one attached hydrogen (secondary N) is 1. The highest BCUT2D eigenvalue weighted by Crippen LogP contribution is 2.38. The lowest BCUT2D eigenvalue weighted by molar-refractivity contribution is -0.125. The number of hydrogen-bond donors (Lipinski definition) is 1. The fourth-order valence-corrected chi connectivity index (χ4v) is 3.53. The van der Waals surface area contributed by atoms with Crippen molar-refractivity contribution in [3.05, 3.63) is 0 Å². The third-order valence-electron chi connectivity index (χ3n) is 3.54. The highest BCUT2D eigenvalue weighted by Gasteiger charge is 2.39. The van der Waals surface area contributed by atoms with E-state index in [0.717, 1.165) is 31.4 Å². The van der Waals surface area contributed by atoms with Gasteiger partial charge in [-0.3, -0.25) is 4.79 Å². The second-order valence-electron chi connectivity index (χ2n) is 4.99. The van der Waals surface area contributed by atoms with Crippen LogP contribution in [-0.4, -0.2) is 27.8 Å². The zero-order chi connectivity index (χ0) is 12.2. The van der Waals surface area contributed by atoms with E-state index < -0.39 is 0 Å². The molecule has 0 aromatic heterocycles. The number of thioether (sulfide) groups is 1. The molecule has 1 N–H and O–H groups in total. The van der Waals surface area contributed by atoms with Gasteiger partial charge in [-0.1, -0.05) is 6.92 Å². The molecule has 1 amide bonds. The van der Waals surface area contributed by atoms with Crippen molar-refractivity contribution >= 4 is 29.3 Å². The summed E-state index contributed by atoms with van der Waals surface area (Å²) in [6, 6.07) is 0. The minimum atomic E-state index is -0.220. The lowest BCUT2D eigenvalue weighted by atomic mass is 9.93. The third-order valence-corrected chi connectivity index (χ3v) is 5.25. The first kappa shape index (κ1) is 14.2. The Hall–Kier alpha value is 0.110. The van der Waals surface area contributed by atoms with Gasteiger partial charge >= 0.3 is 0 Å². The Balaban J connectivity index is 2.61. The molecule has 1 saturated heterocycles. The number of carbonyl (C=O) groups excluding carboxylic acids is 1. The van der Waals surface area contributed by atoms with Crippen LogP contribution >= 0.6 is 23.4 Å². The van der Waals surface area contributed by atoms with Crippen LogP contribution in [0.25, 0.3) is 0 Å². The van der Waals surface area contributed by atoms with E-state index in [1.807, 2.05) is 0 Å². The highest BCUT2D eigenvalue weighted by molar-refractivity contribution is 8.01. The Morgan fingerprint density at radius 3 is 2.75 bits per heavy atom. The predicted octanol–water partition coefficient (Wildman–Crippen LogP) is 3.19. The van der Waals surface area contributed by atoms with Crippen LogP contribution in [0.4, 0.5) is 0 Å². The maximum atomic E-state index is 12.2. The molecule has 0 aromatic rings. The minimum Gasteiger partial charge on any atom is -0.350 e. The van der Waals surface area contributed by atoms with Crippen LogP contribution in [0, 0.1) is 0 Å². The molecule has 16 heavy (non-hydrogen) atoms. The SMILES string of the molecule is CCC(C)(CCCl)NC(=O)C1(C)CCCS1. The zero-order valence-electron chi connectivity index (χ0n) is 10.4. The van der Waals surface area contributed by atoms with Gasteiger partial charge in [0.1, 0.15) is 0 Å². The molecule has 0 aliphatic carbocycles. The summed E-state index contributed by atoms with van der Waals surface area (Å²) in [6.07, 6.45) is 3.89. The van der Waals surface area contributed by atoms with Crippen LogP contribution in [0.5, 0.6) is 0 Å². The normalized spacial score (nSPS) is 28.8. The Labute approximate surface area is 108 Å². The summed E-state index contributed by atoms with van der Waals surface area (Å²) in [5.74, 6) is 1.88. The molecule has 0 saturated carbocycles. The number of rotatable bonds is 5. The third kappa shape index (κ3) is 3.30.